The third-order valence-corrected chi connectivity index (χ3v) is 2.06. The summed E-state index contributed by atoms with van der Waals surface area (Å²) < 4.78 is 0. The summed E-state index contributed by atoms with van der Waals surface area (Å²) in [6, 6.07) is 4.18. The Bertz CT molecular complexity index is 678. The summed E-state index contributed by atoms with van der Waals surface area (Å²) in [5.41, 5.74) is 5.66. The molecule has 0 bridgehead atoms. The van der Waals surface area contributed by atoms with E-state index in [2.05, 4.69) is 22.0 Å². The molecule has 0 aliphatic rings. The maximum absolute atomic E-state index is 10.6. The van der Waals surface area contributed by atoms with Gasteiger partial charge in [0.1, 0.15) is 5.69 Å². The highest BCUT2D eigenvalue weighted by Crippen LogP contribution is 2.21. The van der Waals surface area contributed by atoms with Gasteiger partial charge in [0.15, 0.2) is 0 Å². The molecule has 1 amide bonds. The second-order valence-electron chi connectivity index (χ2n) is 3.17. The molecule has 0 radical (unpaired) electrons. The minimum absolute atomic E-state index is 0.0685. The number of carbonyl (C=O) groups excluding carboxylic acids is 1. The average Bonchev–Trinajstić information content (AvgIpc) is 2.68. The van der Waals surface area contributed by atoms with Crippen LogP contribution in [0.15, 0.2) is 18.2 Å². The van der Waals surface area contributed by atoms with Crippen molar-refractivity contribution in [2.45, 2.75) is 0 Å². The first-order chi connectivity index (χ1) is 8.08. The third-order valence-electron chi connectivity index (χ3n) is 2.06. The van der Waals surface area contributed by atoms with Crippen LogP contribution in [0, 0.1) is 22.0 Å². The van der Waals surface area contributed by atoms with Gasteiger partial charge < -0.3 is 5.73 Å². The van der Waals surface area contributed by atoms with Gasteiger partial charge >= 0.3 is 0 Å². The van der Waals surface area contributed by atoms with Gasteiger partial charge in [0, 0.05) is 23.4 Å². The van der Waals surface area contributed by atoms with Crippen LogP contribution in [0.1, 0.15) is 5.69 Å². The second-order valence-corrected chi connectivity index (χ2v) is 3.17. The van der Waals surface area contributed by atoms with Gasteiger partial charge in [-0.05, 0) is 12.0 Å². The van der Waals surface area contributed by atoms with E-state index in [4.69, 9.17) is 5.73 Å². The van der Waals surface area contributed by atoms with E-state index in [0.29, 0.717) is 16.6 Å². The van der Waals surface area contributed by atoms with E-state index in [1.807, 2.05) is 0 Å². The van der Waals surface area contributed by atoms with Crippen molar-refractivity contribution in [3.05, 3.63) is 34.0 Å². The summed E-state index contributed by atoms with van der Waals surface area (Å²) >= 11 is 0. The highest BCUT2D eigenvalue weighted by molar-refractivity contribution is 5.94. The summed E-state index contributed by atoms with van der Waals surface area (Å²) in [6.07, 6.45) is 0. The first-order valence-corrected chi connectivity index (χ1v) is 4.52. The van der Waals surface area contributed by atoms with Crippen molar-refractivity contribution >= 4 is 22.5 Å². The molecule has 84 valence electrons. The topological polar surface area (TPSA) is 115 Å². The summed E-state index contributed by atoms with van der Waals surface area (Å²) in [5, 5.41) is 17.6. The molecule has 7 heteroatoms. The number of hydrogen-bond acceptors (Lipinski definition) is 4. The van der Waals surface area contributed by atoms with Crippen molar-refractivity contribution in [3.63, 3.8) is 0 Å². The van der Waals surface area contributed by atoms with Crippen molar-refractivity contribution in [2.24, 2.45) is 5.73 Å². The molecule has 1 aromatic heterocycles. The molecule has 0 saturated heterocycles. The number of amides is 1. The molecule has 3 N–H and O–H groups in total. The smallest absolute Gasteiger partial charge is 0.293 e. The van der Waals surface area contributed by atoms with Crippen LogP contribution in [-0.2, 0) is 4.79 Å². The largest absolute Gasteiger partial charge is 0.359 e. The second kappa shape index (κ2) is 3.94. The van der Waals surface area contributed by atoms with Crippen LogP contribution in [-0.4, -0.2) is 21.0 Å². The lowest BCUT2D eigenvalue weighted by atomic mass is 10.2. The molecule has 1 aromatic carbocycles. The standard InChI is InChI=1S/C10H6N4O3/c11-10(15)4-3-9-7-5-6(14(16)17)1-2-8(7)12-13-9/h1-2,5H,(H2,11,15)(H,12,13). The highest BCUT2D eigenvalue weighted by atomic mass is 16.6. The Morgan fingerprint density at radius 1 is 1.53 bits per heavy atom. The van der Waals surface area contributed by atoms with Crippen LogP contribution in [0.2, 0.25) is 0 Å². The molecule has 0 aliphatic heterocycles. The highest BCUT2D eigenvalue weighted by Gasteiger charge is 2.10. The number of nitrogens with one attached hydrogen (secondary N) is 1. The van der Waals surface area contributed by atoms with Crippen molar-refractivity contribution in [1.29, 1.82) is 0 Å². The molecule has 7 nitrogen and oxygen atoms in total. The van der Waals surface area contributed by atoms with E-state index in [-0.39, 0.29) is 5.69 Å². The Morgan fingerprint density at radius 3 is 2.94 bits per heavy atom. The number of fused-ring (bicyclic) bond motifs is 1. The Balaban J connectivity index is 2.59. The van der Waals surface area contributed by atoms with Crippen LogP contribution < -0.4 is 5.73 Å². The van der Waals surface area contributed by atoms with Crippen LogP contribution in [0.4, 0.5) is 5.69 Å². The fraction of sp³-hybridized carbons (Fsp3) is 0. The molecule has 0 aliphatic carbocycles. The minimum atomic E-state index is -0.779. The molecule has 1 heterocycles. The number of benzene rings is 1. The Hall–Kier alpha value is -2.88. The number of hydrogen-bond donors (Lipinski definition) is 2. The third kappa shape index (κ3) is 2.05. The molecule has 0 spiro atoms. The maximum Gasteiger partial charge on any atom is 0.293 e. The van der Waals surface area contributed by atoms with Gasteiger partial charge in [-0.25, -0.2) is 0 Å². The molecule has 0 unspecified atom stereocenters. The predicted molar refractivity (Wildman–Crippen MR) is 58.8 cm³/mol. The zero-order valence-electron chi connectivity index (χ0n) is 8.43. The van der Waals surface area contributed by atoms with E-state index in [0.717, 1.165) is 0 Å². The number of nitro benzene ring substituents is 1. The minimum Gasteiger partial charge on any atom is -0.359 e. The van der Waals surface area contributed by atoms with Crippen molar-refractivity contribution in [3.8, 4) is 11.8 Å². The lowest BCUT2D eigenvalue weighted by molar-refractivity contribution is -0.384. The van der Waals surface area contributed by atoms with Gasteiger partial charge in [-0.1, -0.05) is 0 Å². The number of aromatic nitrogens is 2. The monoisotopic (exact) mass is 230 g/mol. The zero-order valence-corrected chi connectivity index (χ0v) is 8.43. The average molecular weight is 230 g/mol. The van der Waals surface area contributed by atoms with Crippen LogP contribution in [0.5, 0.6) is 0 Å². The molecule has 0 fully saturated rings. The van der Waals surface area contributed by atoms with E-state index >= 15 is 0 Å². The lowest BCUT2D eigenvalue weighted by Crippen LogP contribution is -2.06. The van der Waals surface area contributed by atoms with Gasteiger partial charge in [0.25, 0.3) is 11.6 Å². The molecule has 17 heavy (non-hydrogen) atoms. The number of non-ortho nitro benzene ring substituents is 1. The molecular weight excluding hydrogens is 224 g/mol. The zero-order chi connectivity index (χ0) is 12.4. The normalized spacial score (nSPS) is 9.65. The number of nitrogens with two attached hydrogens (primary N) is 1. The van der Waals surface area contributed by atoms with E-state index in [9.17, 15) is 14.9 Å². The SMILES string of the molecule is NC(=O)C#Cc1[nH]nc2ccc([N+](=O)[O-])cc12. The van der Waals surface area contributed by atoms with Crippen molar-refractivity contribution in [1.82, 2.24) is 10.2 Å². The Labute approximate surface area is 94.8 Å². The fourth-order valence-electron chi connectivity index (χ4n) is 1.33. The van der Waals surface area contributed by atoms with Gasteiger partial charge in [-0.2, -0.15) is 5.10 Å². The number of nitrogens with zero attached hydrogens (tertiary/aromatic N) is 2. The Kier molecular flexibility index (Phi) is 2.46. The number of aromatic amines is 1. The number of rotatable bonds is 1. The van der Waals surface area contributed by atoms with Crippen LogP contribution >= 0.6 is 0 Å². The van der Waals surface area contributed by atoms with Gasteiger partial charge in [0.2, 0.25) is 0 Å². The molecular formula is C10H6N4O3. The van der Waals surface area contributed by atoms with Crippen LogP contribution in [0.25, 0.3) is 10.9 Å². The first kappa shape index (κ1) is 10.6. The number of primary amides is 1. The number of nitro groups is 1. The van der Waals surface area contributed by atoms with Crippen molar-refractivity contribution in [2.75, 3.05) is 0 Å². The van der Waals surface area contributed by atoms with E-state index in [1.165, 1.54) is 18.2 Å². The van der Waals surface area contributed by atoms with Gasteiger partial charge in [0.05, 0.1) is 10.4 Å². The van der Waals surface area contributed by atoms with E-state index in [1.54, 1.807) is 0 Å². The number of carbonyl (C=O) groups is 1. The molecule has 2 aromatic rings. The van der Waals surface area contributed by atoms with Crippen LogP contribution in [0.3, 0.4) is 0 Å². The van der Waals surface area contributed by atoms with Gasteiger partial charge in [-0.15, -0.1) is 0 Å². The van der Waals surface area contributed by atoms with Gasteiger partial charge in [-0.3, -0.25) is 20.0 Å². The Morgan fingerprint density at radius 2 is 2.29 bits per heavy atom. The fourth-order valence-corrected chi connectivity index (χ4v) is 1.33. The maximum atomic E-state index is 10.6. The quantitative estimate of drug-likeness (QED) is 0.416. The van der Waals surface area contributed by atoms with E-state index < -0.39 is 10.8 Å². The summed E-state index contributed by atoms with van der Waals surface area (Å²) in [5.74, 6) is 3.83. The summed E-state index contributed by atoms with van der Waals surface area (Å²) in [7, 11) is 0. The number of H-pyrrole nitrogens is 1. The summed E-state index contributed by atoms with van der Waals surface area (Å²) in [6.45, 7) is 0. The molecule has 2 rings (SSSR count). The van der Waals surface area contributed by atoms with Crippen molar-refractivity contribution < 1.29 is 9.72 Å². The predicted octanol–water partition coefficient (Wildman–Crippen LogP) is 0.308. The summed E-state index contributed by atoms with van der Waals surface area (Å²) in [4.78, 5) is 20.6. The first-order valence-electron chi connectivity index (χ1n) is 4.52. The molecule has 0 saturated carbocycles. The molecule has 0 atom stereocenters. The lowest BCUT2D eigenvalue weighted by Gasteiger charge is -1.90.